The molecule has 96 valence electrons. The standard InChI is InChI=1S/C13H23N3O/c1-3-6-14-11(12-5-4-9-17-12)10-13-15-7-8-16(13)2/h7-8,11-12,14H,3-6,9-10H2,1-2H3. The van der Waals surface area contributed by atoms with Crippen molar-refractivity contribution >= 4 is 0 Å². The van der Waals surface area contributed by atoms with Crippen LogP contribution >= 0.6 is 0 Å². The second-order valence-electron chi connectivity index (χ2n) is 4.77. The first-order valence-corrected chi connectivity index (χ1v) is 6.62. The highest BCUT2D eigenvalue weighted by molar-refractivity contribution is 4.97. The summed E-state index contributed by atoms with van der Waals surface area (Å²) in [5.41, 5.74) is 0. The average molecular weight is 237 g/mol. The van der Waals surface area contributed by atoms with Gasteiger partial charge in [0.2, 0.25) is 0 Å². The highest BCUT2D eigenvalue weighted by atomic mass is 16.5. The van der Waals surface area contributed by atoms with Crippen molar-refractivity contribution in [1.29, 1.82) is 0 Å². The molecule has 2 atom stereocenters. The summed E-state index contributed by atoms with van der Waals surface area (Å²) < 4.78 is 7.89. The Morgan fingerprint density at radius 1 is 1.65 bits per heavy atom. The average Bonchev–Trinajstić information content (AvgIpc) is 2.96. The zero-order valence-electron chi connectivity index (χ0n) is 10.9. The first-order chi connectivity index (χ1) is 8.31. The van der Waals surface area contributed by atoms with E-state index < -0.39 is 0 Å². The van der Waals surface area contributed by atoms with Crippen LogP contribution in [-0.2, 0) is 18.2 Å². The Labute approximate surface area is 103 Å². The molecule has 1 aliphatic heterocycles. The molecule has 1 fully saturated rings. The number of nitrogens with one attached hydrogen (secondary N) is 1. The molecule has 4 heteroatoms. The van der Waals surface area contributed by atoms with E-state index in [1.54, 1.807) is 0 Å². The summed E-state index contributed by atoms with van der Waals surface area (Å²) in [6, 6.07) is 0.401. The molecule has 0 bridgehead atoms. The number of nitrogens with zero attached hydrogens (tertiary/aromatic N) is 2. The van der Waals surface area contributed by atoms with E-state index in [9.17, 15) is 0 Å². The van der Waals surface area contributed by atoms with Crippen molar-refractivity contribution in [2.75, 3.05) is 13.2 Å². The lowest BCUT2D eigenvalue weighted by atomic mass is 10.0. The van der Waals surface area contributed by atoms with Gasteiger partial charge in [-0.2, -0.15) is 0 Å². The van der Waals surface area contributed by atoms with Gasteiger partial charge in [-0.1, -0.05) is 6.92 Å². The highest BCUT2D eigenvalue weighted by Gasteiger charge is 2.26. The third kappa shape index (κ3) is 3.30. The lowest BCUT2D eigenvalue weighted by Crippen LogP contribution is -2.42. The maximum atomic E-state index is 5.80. The van der Waals surface area contributed by atoms with E-state index in [0.29, 0.717) is 12.1 Å². The van der Waals surface area contributed by atoms with E-state index in [0.717, 1.165) is 31.8 Å². The van der Waals surface area contributed by atoms with Crippen LogP contribution in [0.15, 0.2) is 12.4 Å². The first kappa shape index (κ1) is 12.6. The van der Waals surface area contributed by atoms with Crippen LogP contribution in [0.1, 0.15) is 32.0 Å². The Bertz CT molecular complexity index is 331. The molecule has 0 radical (unpaired) electrons. The van der Waals surface area contributed by atoms with Crippen LogP contribution in [-0.4, -0.2) is 34.8 Å². The molecule has 1 aliphatic rings. The van der Waals surface area contributed by atoms with Crippen molar-refractivity contribution in [1.82, 2.24) is 14.9 Å². The van der Waals surface area contributed by atoms with Crippen LogP contribution in [0.4, 0.5) is 0 Å². The number of rotatable bonds is 6. The van der Waals surface area contributed by atoms with Crippen molar-refractivity contribution < 1.29 is 4.74 Å². The number of aryl methyl sites for hydroxylation is 1. The predicted molar refractivity (Wildman–Crippen MR) is 68.0 cm³/mol. The van der Waals surface area contributed by atoms with Crippen molar-refractivity contribution in [3.05, 3.63) is 18.2 Å². The lowest BCUT2D eigenvalue weighted by molar-refractivity contribution is 0.0776. The van der Waals surface area contributed by atoms with Gasteiger partial charge in [-0.05, 0) is 25.8 Å². The van der Waals surface area contributed by atoms with Gasteiger partial charge in [-0.25, -0.2) is 4.98 Å². The summed E-state index contributed by atoms with van der Waals surface area (Å²) in [7, 11) is 2.05. The second-order valence-corrected chi connectivity index (χ2v) is 4.77. The number of imidazole rings is 1. The second kappa shape index (κ2) is 6.17. The molecule has 0 aromatic carbocycles. The van der Waals surface area contributed by atoms with Crippen LogP contribution in [0.25, 0.3) is 0 Å². The fourth-order valence-electron chi connectivity index (χ4n) is 2.37. The van der Waals surface area contributed by atoms with E-state index in [4.69, 9.17) is 4.74 Å². The predicted octanol–water partition coefficient (Wildman–Crippen LogP) is 1.51. The smallest absolute Gasteiger partial charge is 0.110 e. The Morgan fingerprint density at radius 2 is 2.53 bits per heavy atom. The van der Waals surface area contributed by atoms with Gasteiger partial charge in [0.1, 0.15) is 5.82 Å². The van der Waals surface area contributed by atoms with E-state index in [1.807, 2.05) is 12.4 Å². The minimum atomic E-state index is 0.359. The Kier molecular flexibility index (Phi) is 4.57. The summed E-state index contributed by atoms with van der Waals surface area (Å²) in [5.74, 6) is 1.13. The molecule has 1 N–H and O–H groups in total. The van der Waals surface area contributed by atoms with Crippen molar-refractivity contribution in [2.24, 2.45) is 7.05 Å². The van der Waals surface area contributed by atoms with Crippen molar-refractivity contribution in [3.8, 4) is 0 Å². The Hall–Kier alpha value is -0.870. The highest BCUT2D eigenvalue weighted by Crippen LogP contribution is 2.18. The minimum absolute atomic E-state index is 0.359. The van der Waals surface area contributed by atoms with Crippen LogP contribution < -0.4 is 5.32 Å². The van der Waals surface area contributed by atoms with E-state index in [1.165, 1.54) is 12.8 Å². The molecule has 17 heavy (non-hydrogen) atoms. The van der Waals surface area contributed by atoms with E-state index in [-0.39, 0.29) is 0 Å². The Balaban J connectivity index is 1.97. The zero-order valence-corrected chi connectivity index (χ0v) is 10.9. The van der Waals surface area contributed by atoms with Crippen LogP contribution in [0.2, 0.25) is 0 Å². The summed E-state index contributed by atoms with van der Waals surface area (Å²) in [6.07, 6.45) is 8.70. The molecule has 1 aromatic heterocycles. The van der Waals surface area contributed by atoms with Gasteiger partial charge in [0, 0.05) is 38.5 Å². The number of hydrogen-bond acceptors (Lipinski definition) is 3. The molecule has 1 aromatic rings. The summed E-state index contributed by atoms with van der Waals surface area (Å²) in [5, 5.41) is 3.60. The van der Waals surface area contributed by atoms with E-state index in [2.05, 4.69) is 28.8 Å². The molecular formula is C13H23N3O. The normalized spacial score (nSPS) is 21.9. The minimum Gasteiger partial charge on any atom is -0.377 e. The third-order valence-electron chi connectivity index (χ3n) is 3.39. The fraction of sp³-hybridized carbons (Fsp3) is 0.769. The van der Waals surface area contributed by atoms with Gasteiger partial charge in [0.15, 0.2) is 0 Å². The zero-order chi connectivity index (χ0) is 12.1. The van der Waals surface area contributed by atoms with Crippen molar-refractivity contribution in [2.45, 2.75) is 44.8 Å². The maximum absolute atomic E-state index is 5.80. The lowest BCUT2D eigenvalue weighted by Gasteiger charge is -2.24. The summed E-state index contributed by atoms with van der Waals surface area (Å²) >= 11 is 0. The van der Waals surface area contributed by atoms with Gasteiger partial charge in [0.05, 0.1) is 6.10 Å². The van der Waals surface area contributed by atoms with E-state index >= 15 is 0 Å². The molecule has 0 spiro atoms. The number of aromatic nitrogens is 2. The molecule has 4 nitrogen and oxygen atoms in total. The molecule has 2 rings (SSSR count). The Morgan fingerprint density at radius 3 is 3.12 bits per heavy atom. The molecule has 2 unspecified atom stereocenters. The van der Waals surface area contributed by atoms with Gasteiger partial charge in [0.25, 0.3) is 0 Å². The summed E-state index contributed by atoms with van der Waals surface area (Å²) in [6.45, 7) is 4.16. The largest absolute Gasteiger partial charge is 0.377 e. The molecule has 0 amide bonds. The monoisotopic (exact) mass is 237 g/mol. The molecule has 1 saturated heterocycles. The first-order valence-electron chi connectivity index (χ1n) is 6.62. The number of hydrogen-bond donors (Lipinski definition) is 1. The van der Waals surface area contributed by atoms with Gasteiger partial charge in [-0.3, -0.25) is 0 Å². The molecular weight excluding hydrogens is 214 g/mol. The van der Waals surface area contributed by atoms with Crippen molar-refractivity contribution in [3.63, 3.8) is 0 Å². The quantitative estimate of drug-likeness (QED) is 0.815. The molecule has 2 heterocycles. The van der Waals surface area contributed by atoms with Crippen LogP contribution in [0, 0.1) is 0 Å². The summed E-state index contributed by atoms with van der Waals surface area (Å²) in [4.78, 5) is 4.40. The number of ether oxygens (including phenoxy) is 1. The van der Waals surface area contributed by atoms with Crippen LogP contribution in [0.3, 0.4) is 0 Å². The molecule has 0 aliphatic carbocycles. The maximum Gasteiger partial charge on any atom is 0.110 e. The third-order valence-corrected chi connectivity index (χ3v) is 3.39. The van der Waals surface area contributed by atoms with Gasteiger partial charge in [-0.15, -0.1) is 0 Å². The SMILES string of the molecule is CCCNC(Cc1nccn1C)C1CCCO1. The fourth-order valence-corrected chi connectivity index (χ4v) is 2.37. The topological polar surface area (TPSA) is 39.1 Å². The van der Waals surface area contributed by atoms with Gasteiger partial charge >= 0.3 is 0 Å². The van der Waals surface area contributed by atoms with Crippen LogP contribution in [0.5, 0.6) is 0 Å². The molecule has 0 saturated carbocycles. The van der Waals surface area contributed by atoms with Gasteiger partial charge < -0.3 is 14.6 Å².